The Labute approximate surface area is 442 Å². The van der Waals surface area contributed by atoms with Crippen molar-refractivity contribution in [2.24, 2.45) is 0 Å². The number of aliphatic hydroxyl groups excluding tert-OH is 2. The number of carboxylic acids is 1. The summed E-state index contributed by atoms with van der Waals surface area (Å²) in [5.41, 5.74) is 0. The molecule has 73 heavy (non-hydrogen) atoms. The highest BCUT2D eigenvalue weighted by Crippen LogP contribution is 2.26. The van der Waals surface area contributed by atoms with E-state index in [-0.39, 0.29) is 25.9 Å². The zero-order valence-corrected chi connectivity index (χ0v) is 45.9. The highest BCUT2D eigenvalue weighted by molar-refractivity contribution is 5.74. The molecule has 1 aliphatic rings. The van der Waals surface area contributed by atoms with Gasteiger partial charge in [-0.1, -0.05) is 190 Å². The molecule has 12 nitrogen and oxygen atoms in total. The second-order valence-corrected chi connectivity index (χ2v) is 19.5. The Bertz CT molecular complexity index is 1550. The third-order valence-corrected chi connectivity index (χ3v) is 12.7. The van der Waals surface area contributed by atoms with Crippen LogP contribution in [0.25, 0.3) is 0 Å². The van der Waals surface area contributed by atoms with Crippen molar-refractivity contribution in [2.45, 2.75) is 276 Å². The summed E-state index contributed by atoms with van der Waals surface area (Å²) in [6, 6.07) is 0. The molecule has 0 spiro atoms. The van der Waals surface area contributed by atoms with Gasteiger partial charge in [0.1, 0.15) is 18.8 Å². The van der Waals surface area contributed by atoms with E-state index < -0.39 is 67.3 Å². The van der Waals surface area contributed by atoms with Crippen LogP contribution < -0.4 is 0 Å². The van der Waals surface area contributed by atoms with Crippen molar-refractivity contribution in [3.05, 3.63) is 72.9 Å². The number of carbonyl (C=O) groups is 4. The average molecular weight is 1030 g/mol. The first-order valence-corrected chi connectivity index (χ1v) is 28.9. The molecule has 3 N–H and O–H groups in total. The van der Waals surface area contributed by atoms with Gasteiger partial charge >= 0.3 is 23.9 Å². The summed E-state index contributed by atoms with van der Waals surface area (Å²) in [7, 11) is 0. The number of rotatable bonds is 48. The highest BCUT2D eigenvalue weighted by Gasteiger charge is 2.50. The summed E-state index contributed by atoms with van der Waals surface area (Å²) < 4.78 is 28.4. The summed E-state index contributed by atoms with van der Waals surface area (Å²) in [6.45, 7) is 5.78. The van der Waals surface area contributed by atoms with E-state index in [0.29, 0.717) is 19.3 Å². The summed E-state index contributed by atoms with van der Waals surface area (Å²) in [6.07, 6.45) is 48.8. The number of ether oxygens (including phenoxy) is 5. The minimum atomic E-state index is -1.91. The largest absolute Gasteiger partial charge is 0.479 e. The van der Waals surface area contributed by atoms with Crippen LogP contribution in [0.5, 0.6) is 0 Å². The number of unbranched alkanes of at least 4 members (excludes halogenated alkanes) is 22. The molecule has 0 aliphatic carbocycles. The van der Waals surface area contributed by atoms with Crippen LogP contribution in [0, 0.1) is 0 Å². The topological polar surface area (TPSA) is 175 Å². The smallest absolute Gasteiger partial charge is 0.335 e. The number of aliphatic hydroxyl groups is 2. The van der Waals surface area contributed by atoms with E-state index in [1.807, 2.05) is 0 Å². The number of esters is 3. The molecule has 1 saturated heterocycles. The molecule has 1 aliphatic heterocycles. The van der Waals surface area contributed by atoms with Crippen molar-refractivity contribution in [1.29, 1.82) is 0 Å². The van der Waals surface area contributed by atoms with Crippen LogP contribution in [0.3, 0.4) is 0 Å². The van der Waals surface area contributed by atoms with Crippen molar-refractivity contribution in [1.82, 2.24) is 0 Å². The van der Waals surface area contributed by atoms with Crippen LogP contribution in [0.2, 0.25) is 0 Å². The zero-order chi connectivity index (χ0) is 53.3. The Morgan fingerprint density at radius 3 is 1.37 bits per heavy atom. The molecule has 0 bridgehead atoms. The fraction of sp³-hybridized carbons (Fsp3) is 0.738. The second kappa shape index (κ2) is 49.1. The maximum atomic E-state index is 13.1. The molecule has 0 aromatic rings. The molecular weight excluding hydrogens is 925 g/mol. The van der Waals surface area contributed by atoms with Crippen LogP contribution in [0.4, 0.5) is 0 Å². The van der Waals surface area contributed by atoms with Crippen molar-refractivity contribution >= 4 is 23.9 Å². The first kappa shape index (κ1) is 67.2. The molecule has 6 unspecified atom stereocenters. The summed E-state index contributed by atoms with van der Waals surface area (Å²) in [5.74, 6) is -3.16. The molecule has 1 heterocycles. The van der Waals surface area contributed by atoms with E-state index in [0.717, 1.165) is 141 Å². The van der Waals surface area contributed by atoms with E-state index in [1.165, 1.54) is 38.5 Å². The standard InChI is InChI=1S/C61H102O12/c1-4-7-10-13-16-19-22-24-26-27-29-30-33-35-38-41-44-47-53(62)69-50-52(71-54(63)48-45-42-39-37-34-31-28-25-23-20-17-14-11-8-5-2)51-70-61-59(57(66)56(65)58(73-61)60(67)68)72-55(64)49-46-43-40-36-32-21-18-15-12-9-6-3/h7,10,15-20,24-26,28,52,56-59,61,65-66H,4-6,8-9,11-14,21-23,27,29-51H2,1-3H3,(H,67,68)/b10-7-,18-15-,19-16-,20-17-,26-24-,28-25-. The predicted molar refractivity (Wildman–Crippen MR) is 294 cm³/mol. The van der Waals surface area contributed by atoms with Crippen molar-refractivity contribution in [3.8, 4) is 0 Å². The quantitative estimate of drug-likeness (QED) is 0.0228. The summed E-state index contributed by atoms with van der Waals surface area (Å²) >= 11 is 0. The first-order valence-electron chi connectivity index (χ1n) is 28.9. The molecule has 0 aromatic heterocycles. The van der Waals surface area contributed by atoms with E-state index in [2.05, 4.69) is 93.7 Å². The molecule has 0 saturated carbocycles. The van der Waals surface area contributed by atoms with Gasteiger partial charge in [0, 0.05) is 19.3 Å². The number of hydrogen-bond donors (Lipinski definition) is 3. The molecule has 6 atom stereocenters. The lowest BCUT2D eigenvalue weighted by atomic mass is 9.98. The molecule has 1 fully saturated rings. The van der Waals surface area contributed by atoms with E-state index in [9.17, 15) is 34.5 Å². The minimum absolute atomic E-state index is 0.0456. The van der Waals surface area contributed by atoms with E-state index in [4.69, 9.17) is 23.7 Å². The fourth-order valence-corrected chi connectivity index (χ4v) is 8.27. The number of allylic oxidation sites excluding steroid dienone is 12. The van der Waals surface area contributed by atoms with Crippen LogP contribution >= 0.6 is 0 Å². The second-order valence-electron chi connectivity index (χ2n) is 19.5. The van der Waals surface area contributed by atoms with Gasteiger partial charge in [0.2, 0.25) is 0 Å². The maximum Gasteiger partial charge on any atom is 0.335 e. The highest BCUT2D eigenvalue weighted by atomic mass is 16.7. The van der Waals surface area contributed by atoms with Crippen LogP contribution in [-0.2, 0) is 42.9 Å². The Kier molecular flexibility index (Phi) is 45.1. The lowest BCUT2D eigenvalue weighted by molar-refractivity contribution is -0.301. The molecule has 0 aromatic carbocycles. The molecule has 0 radical (unpaired) electrons. The van der Waals surface area contributed by atoms with Crippen molar-refractivity contribution < 1.29 is 58.2 Å². The number of carboxylic acid groups (broad SMARTS) is 1. The van der Waals surface area contributed by atoms with Crippen LogP contribution in [0.15, 0.2) is 72.9 Å². The van der Waals surface area contributed by atoms with Gasteiger partial charge < -0.3 is 39.0 Å². The number of hydrogen-bond acceptors (Lipinski definition) is 11. The molecule has 418 valence electrons. The molecule has 1 rings (SSSR count). The Morgan fingerprint density at radius 2 is 0.877 bits per heavy atom. The van der Waals surface area contributed by atoms with Gasteiger partial charge in [-0.25, -0.2) is 4.79 Å². The van der Waals surface area contributed by atoms with Gasteiger partial charge in [0.05, 0.1) is 6.61 Å². The van der Waals surface area contributed by atoms with E-state index >= 15 is 0 Å². The Balaban J connectivity index is 2.71. The molecule has 12 heteroatoms. The first-order chi connectivity index (χ1) is 35.6. The number of carbonyl (C=O) groups excluding carboxylic acids is 3. The molecular formula is C61H102O12. The SMILES string of the molecule is CC/C=C\C/C=C\C/C=C\CCCCCCCCCC(=O)OCC(COC1OC(C(=O)O)C(O)C(O)C1OC(=O)CCCCCCC/C=C\CCCC)OC(=O)CCCCCCC/C=C\C/C=C\CCCCC. The van der Waals surface area contributed by atoms with Crippen LogP contribution in [0.1, 0.15) is 239 Å². The normalized spacial score (nSPS) is 18.8. The molecule has 0 amide bonds. The Hall–Kier alpha value is -3.84. The van der Waals surface area contributed by atoms with Crippen molar-refractivity contribution in [2.75, 3.05) is 13.2 Å². The van der Waals surface area contributed by atoms with E-state index in [1.54, 1.807) is 0 Å². The lowest BCUT2D eigenvalue weighted by Crippen LogP contribution is -2.61. The van der Waals surface area contributed by atoms with Crippen molar-refractivity contribution in [3.63, 3.8) is 0 Å². The third-order valence-electron chi connectivity index (χ3n) is 12.7. The van der Waals surface area contributed by atoms with Gasteiger partial charge in [0.25, 0.3) is 0 Å². The Morgan fingerprint density at radius 1 is 0.466 bits per heavy atom. The maximum absolute atomic E-state index is 13.1. The summed E-state index contributed by atoms with van der Waals surface area (Å²) in [5, 5.41) is 31.4. The monoisotopic (exact) mass is 1030 g/mol. The van der Waals surface area contributed by atoms with Gasteiger partial charge in [-0.05, 0) is 103 Å². The zero-order valence-electron chi connectivity index (χ0n) is 45.9. The lowest BCUT2D eigenvalue weighted by Gasteiger charge is -2.40. The van der Waals surface area contributed by atoms with Gasteiger partial charge in [0.15, 0.2) is 24.6 Å². The predicted octanol–water partition coefficient (Wildman–Crippen LogP) is 14.6. The minimum Gasteiger partial charge on any atom is -0.479 e. The van der Waals surface area contributed by atoms with Gasteiger partial charge in [-0.3, -0.25) is 14.4 Å². The average Bonchev–Trinajstić information content (AvgIpc) is 3.37. The van der Waals surface area contributed by atoms with Crippen LogP contribution in [-0.4, -0.2) is 89.2 Å². The fourth-order valence-electron chi connectivity index (χ4n) is 8.27. The van der Waals surface area contributed by atoms with Gasteiger partial charge in [-0.15, -0.1) is 0 Å². The number of aliphatic carboxylic acids is 1. The summed E-state index contributed by atoms with van der Waals surface area (Å²) in [4.78, 5) is 51.0. The van der Waals surface area contributed by atoms with Gasteiger partial charge in [-0.2, -0.15) is 0 Å². The third kappa shape index (κ3) is 39.3.